The molecule has 0 radical (unpaired) electrons. The number of nitro groups is 1. The van der Waals surface area contributed by atoms with E-state index in [0.29, 0.717) is 36.8 Å². The van der Waals surface area contributed by atoms with Crippen LogP contribution in [-0.4, -0.2) is 55.0 Å². The first-order chi connectivity index (χ1) is 14.5. The van der Waals surface area contributed by atoms with E-state index < -0.39 is 4.92 Å². The number of piperidine rings is 1. The molecule has 4 rings (SSSR count). The molecule has 0 N–H and O–H groups in total. The molecule has 2 aliphatic heterocycles. The highest BCUT2D eigenvalue weighted by atomic mass is 35.5. The maximum atomic E-state index is 13.4. The molecular formula is C22H25ClN4O3. The summed E-state index contributed by atoms with van der Waals surface area (Å²) < 4.78 is 0. The van der Waals surface area contributed by atoms with Gasteiger partial charge in [0, 0.05) is 62.1 Å². The lowest BCUT2D eigenvalue weighted by atomic mass is 10.0. The van der Waals surface area contributed by atoms with Gasteiger partial charge in [0.05, 0.1) is 16.2 Å². The third kappa shape index (κ3) is 4.36. The fourth-order valence-electron chi connectivity index (χ4n) is 4.23. The fourth-order valence-corrected chi connectivity index (χ4v) is 4.41. The van der Waals surface area contributed by atoms with Crippen molar-refractivity contribution >= 4 is 34.6 Å². The Labute approximate surface area is 181 Å². The number of halogens is 1. The highest BCUT2D eigenvalue weighted by Crippen LogP contribution is 2.30. The molecule has 0 spiro atoms. The monoisotopic (exact) mass is 428 g/mol. The molecule has 8 heteroatoms. The van der Waals surface area contributed by atoms with Crippen molar-refractivity contribution in [3.8, 4) is 0 Å². The number of amides is 1. The molecule has 0 unspecified atom stereocenters. The fraction of sp³-hybridized carbons (Fsp3) is 0.409. The number of hydrogen-bond acceptors (Lipinski definition) is 5. The molecular weight excluding hydrogens is 404 g/mol. The van der Waals surface area contributed by atoms with Gasteiger partial charge in [-0.15, -0.1) is 0 Å². The van der Waals surface area contributed by atoms with Crippen LogP contribution in [0.25, 0.3) is 0 Å². The van der Waals surface area contributed by atoms with E-state index in [-0.39, 0.29) is 11.6 Å². The number of piperazine rings is 1. The molecule has 2 aromatic carbocycles. The van der Waals surface area contributed by atoms with Crippen molar-refractivity contribution in [3.05, 3.63) is 63.2 Å². The third-order valence-electron chi connectivity index (χ3n) is 5.86. The van der Waals surface area contributed by atoms with Crippen LogP contribution in [0.3, 0.4) is 0 Å². The summed E-state index contributed by atoms with van der Waals surface area (Å²) in [6, 6.07) is 12.4. The lowest BCUT2D eigenvalue weighted by Gasteiger charge is -2.37. The molecule has 1 amide bonds. The number of nitrogens with zero attached hydrogens (tertiary/aromatic N) is 4. The van der Waals surface area contributed by atoms with Gasteiger partial charge in [-0.25, -0.2) is 0 Å². The van der Waals surface area contributed by atoms with Crippen LogP contribution in [0.2, 0.25) is 5.02 Å². The average Bonchev–Trinajstić information content (AvgIpc) is 2.79. The lowest BCUT2D eigenvalue weighted by Crippen LogP contribution is -2.49. The summed E-state index contributed by atoms with van der Waals surface area (Å²) >= 11 is 6.10. The molecule has 0 saturated carbocycles. The van der Waals surface area contributed by atoms with Gasteiger partial charge in [-0.2, -0.15) is 0 Å². The van der Waals surface area contributed by atoms with Gasteiger partial charge in [0.1, 0.15) is 0 Å². The van der Waals surface area contributed by atoms with E-state index in [1.807, 2.05) is 24.3 Å². The minimum atomic E-state index is -0.437. The van der Waals surface area contributed by atoms with Crippen LogP contribution in [-0.2, 0) is 0 Å². The number of nitro benzene ring substituents is 1. The summed E-state index contributed by atoms with van der Waals surface area (Å²) in [5, 5.41) is 12.0. The van der Waals surface area contributed by atoms with Crippen LogP contribution in [0.5, 0.6) is 0 Å². The van der Waals surface area contributed by atoms with Crippen molar-refractivity contribution in [1.29, 1.82) is 0 Å². The zero-order valence-corrected chi connectivity index (χ0v) is 17.6. The van der Waals surface area contributed by atoms with Gasteiger partial charge in [-0.05, 0) is 43.5 Å². The second-order valence-corrected chi connectivity index (χ2v) is 8.20. The van der Waals surface area contributed by atoms with Crippen LogP contribution in [0.15, 0.2) is 42.5 Å². The van der Waals surface area contributed by atoms with Crippen molar-refractivity contribution in [2.24, 2.45) is 0 Å². The first-order valence-electron chi connectivity index (χ1n) is 10.4. The van der Waals surface area contributed by atoms with Gasteiger partial charge in [-0.1, -0.05) is 17.7 Å². The van der Waals surface area contributed by atoms with E-state index in [9.17, 15) is 14.9 Å². The van der Waals surface area contributed by atoms with E-state index >= 15 is 0 Å². The molecule has 30 heavy (non-hydrogen) atoms. The van der Waals surface area contributed by atoms with E-state index in [1.54, 1.807) is 11.0 Å². The largest absolute Gasteiger partial charge is 0.371 e. The molecule has 2 heterocycles. The second-order valence-electron chi connectivity index (χ2n) is 7.77. The zero-order chi connectivity index (χ0) is 21.1. The minimum absolute atomic E-state index is 0.0447. The Morgan fingerprint density at radius 1 is 0.900 bits per heavy atom. The summed E-state index contributed by atoms with van der Waals surface area (Å²) in [5.41, 5.74) is 2.24. The molecule has 2 aliphatic rings. The zero-order valence-electron chi connectivity index (χ0n) is 16.8. The maximum absolute atomic E-state index is 13.4. The molecule has 2 saturated heterocycles. The smallest absolute Gasteiger partial charge is 0.270 e. The number of non-ortho nitro benzene ring substituents is 1. The minimum Gasteiger partial charge on any atom is -0.371 e. The van der Waals surface area contributed by atoms with Crippen LogP contribution < -0.4 is 9.80 Å². The first-order valence-corrected chi connectivity index (χ1v) is 10.7. The number of carbonyl (C=O) groups is 1. The van der Waals surface area contributed by atoms with E-state index in [4.69, 9.17) is 11.6 Å². The normalized spacial score (nSPS) is 17.2. The Balaban J connectivity index is 1.53. The summed E-state index contributed by atoms with van der Waals surface area (Å²) in [5.74, 6) is -0.134. The Morgan fingerprint density at radius 3 is 2.30 bits per heavy atom. The van der Waals surface area contributed by atoms with Gasteiger partial charge in [0.2, 0.25) is 0 Å². The van der Waals surface area contributed by atoms with Crippen LogP contribution >= 0.6 is 11.6 Å². The van der Waals surface area contributed by atoms with Crippen LogP contribution in [0.1, 0.15) is 29.6 Å². The Morgan fingerprint density at radius 2 is 1.63 bits per heavy atom. The SMILES string of the molecule is O=C(c1cc([N+](=O)[O-])ccc1N1CCCCC1)N1CCN(c2cccc(Cl)c2)CC1. The Bertz CT molecular complexity index is 938. The second kappa shape index (κ2) is 8.92. The molecule has 2 aromatic rings. The highest BCUT2D eigenvalue weighted by molar-refractivity contribution is 6.30. The number of anilines is 2. The topological polar surface area (TPSA) is 69.9 Å². The quantitative estimate of drug-likeness (QED) is 0.539. The molecule has 2 fully saturated rings. The molecule has 0 bridgehead atoms. The van der Waals surface area contributed by atoms with Crippen molar-refractivity contribution < 1.29 is 9.72 Å². The molecule has 158 valence electrons. The van der Waals surface area contributed by atoms with Crippen molar-refractivity contribution in [2.45, 2.75) is 19.3 Å². The van der Waals surface area contributed by atoms with Gasteiger partial charge < -0.3 is 14.7 Å². The number of rotatable bonds is 4. The predicted molar refractivity (Wildman–Crippen MR) is 119 cm³/mol. The predicted octanol–water partition coefficient (Wildman–Crippen LogP) is 4.20. The number of carbonyl (C=O) groups excluding carboxylic acids is 1. The van der Waals surface area contributed by atoms with Crippen molar-refractivity contribution in [3.63, 3.8) is 0 Å². The van der Waals surface area contributed by atoms with Gasteiger partial charge in [0.25, 0.3) is 11.6 Å². The summed E-state index contributed by atoms with van der Waals surface area (Å²) in [6.45, 7) is 4.27. The Hall–Kier alpha value is -2.80. The van der Waals surface area contributed by atoms with Crippen LogP contribution in [0.4, 0.5) is 17.1 Å². The van der Waals surface area contributed by atoms with E-state index in [1.165, 1.54) is 18.6 Å². The summed E-state index contributed by atoms with van der Waals surface area (Å²) in [7, 11) is 0. The van der Waals surface area contributed by atoms with Gasteiger partial charge in [0.15, 0.2) is 0 Å². The van der Waals surface area contributed by atoms with Crippen molar-refractivity contribution in [1.82, 2.24) is 4.90 Å². The Kier molecular flexibility index (Phi) is 6.08. The summed E-state index contributed by atoms with van der Waals surface area (Å²) in [4.78, 5) is 30.4. The van der Waals surface area contributed by atoms with Crippen molar-refractivity contribution in [2.75, 3.05) is 49.1 Å². The maximum Gasteiger partial charge on any atom is 0.270 e. The standard InChI is InChI=1S/C22H25ClN4O3/c23-17-5-4-6-18(15-17)24-11-13-26(14-12-24)22(28)20-16-19(27(29)30)7-8-21(20)25-9-2-1-3-10-25/h4-8,15-16H,1-3,9-14H2. The molecule has 0 atom stereocenters. The average molecular weight is 429 g/mol. The van der Waals surface area contributed by atoms with Crippen LogP contribution in [0, 0.1) is 10.1 Å². The van der Waals surface area contributed by atoms with E-state index in [0.717, 1.165) is 37.3 Å². The summed E-state index contributed by atoms with van der Waals surface area (Å²) in [6.07, 6.45) is 3.32. The lowest BCUT2D eigenvalue weighted by molar-refractivity contribution is -0.384. The third-order valence-corrected chi connectivity index (χ3v) is 6.09. The van der Waals surface area contributed by atoms with E-state index in [2.05, 4.69) is 9.80 Å². The molecule has 0 aromatic heterocycles. The molecule has 7 nitrogen and oxygen atoms in total. The molecule has 0 aliphatic carbocycles. The number of benzene rings is 2. The number of hydrogen-bond donors (Lipinski definition) is 0. The first kappa shape index (κ1) is 20.5. The van der Waals surface area contributed by atoms with Gasteiger partial charge >= 0.3 is 0 Å². The van der Waals surface area contributed by atoms with Gasteiger partial charge in [-0.3, -0.25) is 14.9 Å². The highest BCUT2D eigenvalue weighted by Gasteiger charge is 2.27.